The number of nitrogens with zero attached hydrogens (tertiary/aromatic N) is 1. The SMILES string of the molecule is C=CCC(C1CCC(CO[Si](C)(C)C(C)(C)C)CC1)N(Cc1ccccc1)C(=O)OC(C)(C)C. The second-order valence-electron chi connectivity index (χ2n) is 12.5. The fraction of sp³-hybridized carbons (Fsp3) is 0.690. The van der Waals surface area contributed by atoms with Crippen LogP contribution in [0.25, 0.3) is 0 Å². The zero-order valence-electron chi connectivity index (χ0n) is 23.0. The largest absolute Gasteiger partial charge is 0.444 e. The molecule has 1 aromatic rings. The molecule has 192 valence electrons. The molecule has 0 saturated heterocycles. The molecule has 1 unspecified atom stereocenters. The Morgan fingerprint density at radius 3 is 2.18 bits per heavy atom. The van der Waals surface area contributed by atoms with E-state index in [1.807, 2.05) is 49.9 Å². The topological polar surface area (TPSA) is 38.8 Å². The number of amides is 1. The number of ether oxygens (including phenoxy) is 1. The van der Waals surface area contributed by atoms with Gasteiger partial charge in [-0.05, 0) is 88.4 Å². The lowest BCUT2D eigenvalue weighted by Gasteiger charge is -2.41. The van der Waals surface area contributed by atoms with Gasteiger partial charge in [-0.15, -0.1) is 6.58 Å². The molecule has 1 aliphatic rings. The number of hydrogen-bond donors (Lipinski definition) is 0. The summed E-state index contributed by atoms with van der Waals surface area (Å²) >= 11 is 0. The van der Waals surface area contributed by atoms with Crippen molar-refractivity contribution < 1.29 is 14.0 Å². The van der Waals surface area contributed by atoms with Crippen molar-refractivity contribution in [3.63, 3.8) is 0 Å². The first-order valence-corrected chi connectivity index (χ1v) is 15.9. The van der Waals surface area contributed by atoms with E-state index in [2.05, 4.69) is 52.6 Å². The maximum Gasteiger partial charge on any atom is 0.410 e. The van der Waals surface area contributed by atoms with Crippen molar-refractivity contribution in [2.75, 3.05) is 6.61 Å². The predicted molar refractivity (Wildman–Crippen MR) is 145 cm³/mol. The van der Waals surface area contributed by atoms with Crippen molar-refractivity contribution in [1.82, 2.24) is 4.90 Å². The minimum absolute atomic E-state index is 0.0924. The summed E-state index contributed by atoms with van der Waals surface area (Å²) in [6, 6.07) is 10.3. The second kappa shape index (κ2) is 11.9. The van der Waals surface area contributed by atoms with Crippen molar-refractivity contribution in [3.8, 4) is 0 Å². The van der Waals surface area contributed by atoms with Crippen molar-refractivity contribution in [1.29, 1.82) is 0 Å². The van der Waals surface area contributed by atoms with E-state index in [1.54, 1.807) is 0 Å². The van der Waals surface area contributed by atoms with Crippen LogP contribution in [0.1, 0.15) is 79.2 Å². The molecule has 1 saturated carbocycles. The molecule has 1 aromatic carbocycles. The maximum absolute atomic E-state index is 13.3. The Balaban J connectivity index is 2.11. The fourth-order valence-electron chi connectivity index (χ4n) is 4.45. The van der Waals surface area contributed by atoms with Gasteiger partial charge in [-0.3, -0.25) is 0 Å². The van der Waals surface area contributed by atoms with Gasteiger partial charge in [0, 0.05) is 19.2 Å². The third-order valence-corrected chi connectivity index (χ3v) is 12.1. The van der Waals surface area contributed by atoms with Crippen LogP contribution < -0.4 is 0 Å². The van der Waals surface area contributed by atoms with Crippen LogP contribution in [-0.4, -0.2) is 37.6 Å². The molecule has 1 amide bonds. The van der Waals surface area contributed by atoms with Gasteiger partial charge in [-0.1, -0.05) is 57.2 Å². The Morgan fingerprint density at radius 2 is 1.68 bits per heavy atom. The van der Waals surface area contributed by atoms with E-state index < -0.39 is 13.9 Å². The number of benzene rings is 1. The average molecular weight is 488 g/mol. The summed E-state index contributed by atoms with van der Waals surface area (Å²) in [6.07, 6.45) is 7.03. The number of carbonyl (C=O) groups is 1. The van der Waals surface area contributed by atoms with Gasteiger partial charge in [-0.25, -0.2) is 4.79 Å². The highest BCUT2D eigenvalue weighted by Crippen LogP contribution is 2.39. The van der Waals surface area contributed by atoms with E-state index in [4.69, 9.17) is 9.16 Å². The first-order valence-electron chi connectivity index (χ1n) is 13.0. The lowest BCUT2D eigenvalue weighted by atomic mass is 9.77. The van der Waals surface area contributed by atoms with Gasteiger partial charge in [0.25, 0.3) is 0 Å². The minimum Gasteiger partial charge on any atom is -0.444 e. The summed E-state index contributed by atoms with van der Waals surface area (Å²) in [5.41, 5.74) is 0.600. The minimum atomic E-state index is -1.72. The van der Waals surface area contributed by atoms with E-state index >= 15 is 0 Å². The van der Waals surface area contributed by atoms with Crippen LogP contribution in [0.3, 0.4) is 0 Å². The smallest absolute Gasteiger partial charge is 0.410 e. The maximum atomic E-state index is 13.3. The fourth-order valence-corrected chi connectivity index (χ4v) is 5.53. The molecule has 1 fully saturated rings. The molecule has 34 heavy (non-hydrogen) atoms. The summed E-state index contributed by atoms with van der Waals surface area (Å²) in [6.45, 7) is 22.8. The van der Waals surface area contributed by atoms with Crippen LogP contribution in [0.2, 0.25) is 18.1 Å². The Hall–Kier alpha value is -1.59. The molecule has 0 bridgehead atoms. The zero-order valence-corrected chi connectivity index (χ0v) is 24.0. The second-order valence-corrected chi connectivity index (χ2v) is 17.3. The Labute approximate surface area is 210 Å². The van der Waals surface area contributed by atoms with Crippen LogP contribution in [0.15, 0.2) is 43.0 Å². The molecule has 4 nitrogen and oxygen atoms in total. The molecule has 2 rings (SSSR count). The summed E-state index contributed by atoms with van der Waals surface area (Å²) in [7, 11) is -1.72. The average Bonchev–Trinajstić information content (AvgIpc) is 2.74. The van der Waals surface area contributed by atoms with Crippen molar-refractivity contribution in [2.45, 2.75) is 110 Å². The first-order chi connectivity index (χ1) is 15.7. The summed E-state index contributed by atoms with van der Waals surface area (Å²) < 4.78 is 12.4. The van der Waals surface area contributed by atoms with Gasteiger partial charge in [0.05, 0.1) is 0 Å². The molecule has 0 radical (unpaired) electrons. The van der Waals surface area contributed by atoms with E-state index in [9.17, 15) is 4.79 Å². The van der Waals surface area contributed by atoms with Crippen LogP contribution in [0.4, 0.5) is 4.79 Å². The summed E-state index contributed by atoms with van der Waals surface area (Å²) in [5, 5.41) is 0.241. The Bertz CT molecular complexity index is 771. The van der Waals surface area contributed by atoms with E-state index in [0.29, 0.717) is 18.4 Å². The molecule has 0 spiro atoms. The van der Waals surface area contributed by atoms with Gasteiger partial charge in [0.1, 0.15) is 5.60 Å². The van der Waals surface area contributed by atoms with Gasteiger partial charge < -0.3 is 14.1 Å². The van der Waals surface area contributed by atoms with Gasteiger partial charge in [-0.2, -0.15) is 0 Å². The predicted octanol–water partition coefficient (Wildman–Crippen LogP) is 8.20. The molecule has 0 N–H and O–H groups in total. The van der Waals surface area contributed by atoms with Gasteiger partial charge >= 0.3 is 6.09 Å². The molecule has 1 atom stereocenters. The quantitative estimate of drug-likeness (QED) is 0.260. The number of rotatable bonds is 9. The Morgan fingerprint density at radius 1 is 1.09 bits per heavy atom. The highest BCUT2D eigenvalue weighted by atomic mass is 28.4. The van der Waals surface area contributed by atoms with Crippen molar-refractivity contribution >= 4 is 14.4 Å². The van der Waals surface area contributed by atoms with Gasteiger partial charge in [0.15, 0.2) is 8.32 Å². The Kier molecular flexibility index (Phi) is 10.0. The first kappa shape index (κ1) is 28.6. The van der Waals surface area contributed by atoms with Crippen molar-refractivity contribution in [3.05, 3.63) is 48.6 Å². The normalized spacial score (nSPS) is 20.5. The molecule has 1 aliphatic carbocycles. The van der Waals surface area contributed by atoms with Crippen LogP contribution in [-0.2, 0) is 15.7 Å². The van der Waals surface area contributed by atoms with Crippen LogP contribution in [0, 0.1) is 11.8 Å². The molecular weight excluding hydrogens is 438 g/mol. The molecule has 0 heterocycles. The van der Waals surface area contributed by atoms with Crippen molar-refractivity contribution in [2.24, 2.45) is 11.8 Å². The number of carbonyl (C=O) groups excluding carboxylic acids is 1. The van der Waals surface area contributed by atoms with E-state index in [1.165, 1.54) is 0 Å². The number of hydrogen-bond acceptors (Lipinski definition) is 3. The van der Waals surface area contributed by atoms with Crippen LogP contribution in [0.5, 0.6) is 0 Å². The third-order valence-electron chi connectivity index (χ3n) is 7.55. The standard InChI is InChI=1S/C29H49NO3Si/c1-10-14-26(25-19-17-24(18-20-25)22-32-34(8,9)29(5,6)7)30(27(31)33-28(2,3)4)21-23-15-12-11-13-16-23/h10-13,15-16,24-26H,1,14,17-22H2,2-9H3. The van der Waals surface area contributed by atoms with Crippen LogP contribution >= 0.6 is 0 Å². The zero-order chi connectivity index (χ0) is 25.6. The molecule has 0 aliphatic heterocycles. The summed E-state index contributed by atoms with van der Waals surface area (Å²) in [5.74, 6) is 1.05. The highest BCUT2D eigenvalue weighted by molar-refractivity contribution is 6.74. The monoisotopic (exact) mass is 487 g/mol. The lowest BCUT2D eigenvalue weighted by Crippen LogP contribution is -2.47. The lowest BCUT2D eigenvalue weighted by molar-refractivity contribution is 0.00251. The highest BCUT2D eigenvalue weighted by Gasteiger charge is 2.39. The summed E-state index contributed by atoms with van der Waals surface area (Å²) in [4.78, 5) is 15.3. The van der Waals surface area contributed by atoms with Gasteiger partial charge in [0.2, 0.25) is 0 Å². The van der Waals surface area contributed by atoms with E-state index in [-0.39, 0.29) is 17.2 Å². The third kappa shape index (κ3) is 8.57. The van der Waals surface area contributed by atoms with E-state index in [0.717, 1.165) is 44.3 Å². The molecular formula is C29H49NO3Si. The molecule has 5 heteroatoms. The molecule has 0 aromatic heterocycles.